The molecule has 1 saturated carbocycles. The van der Waals surface area contributed by atoms with Crippen molar-refractivity contribution in [2.24, 2.45) is 7.05 Å². The molecule has 1 fully saturated rings. The number of hydrogen-bond donors (Lipinski definition) is 1. The zero-order valence-electron chi connectivity index (χ0n) is 9.81. The molecule has 0 aromatic carbocycles. The molecule has 0 saturated heterocycles. The van der Waals surface area contributed by atoms with E-state index in [1.165, 1.54) is 12.8 Å². The molecule has 0 aliphatic heterocycles. The molecule has 0 radical (unpaired) electrons. The number of carbonyl (C=O) groups excluding carboxylic acids is 1. The third kappa shape index (κ3) is 2.82. The maximum atomic E-state index is 11.7. The highest BCUT2D eigenvalue weighted by atomic mass is 16.2. The van der Waals surface area contributed by atoms with Crippen LogP contribution in [0.5, 0.6) is 0 Å². The molecule has 5 nitrogen and oxygen atoms in total. The zero-order chi connectivity index (χ0) is 11.5. The van der Waals surface area contributed by atoms with Crippen LogP contribution in [0.2, 0.25) is 0 Å². The number of imidazole rings is 1. The van der Waals surface area contributed by atoms with Crippen molar-refractivity contribution in [1.82, 2.24) is 19.8 Å². The third-order valence-electron chi connectivity index (χ3n) is 2.84. The summed E-state index contributed by atoms with van der Waals surface area (Å²) >= 11 is 0. The maximum absolute atomic E-state index is 11.7. The molecule has 0 unspecified atom stereocenters. The highest BCUT2D eigenvalue weighted by molar-refractivity contribution is 5.77. The molecule has 1 aromatic rings. The smallest absolute Gasteiger partial charge is 0.236 e. The number of carbonyl (C=O) groups is 1. The summed E-state index contributed by atoms with van der Waals surface area (Å²) in [5.74, 6) is 1.03. The Kier molecular flexibility index (Phi) is 3.24. The van der Waals surface area contributed by atoms with E-state index in [4.69, 9.17) is 0 Å². The van der Waals surface area contributed by atoms with Crippen LogP contribution in [0.1, 0.15) is 18.7 Å². The number of rotatable bonds is 5. The van der Waals surface area contributed by atoms with Crippen LogP contribution in [0.25, 0.3) is 0 Å². The average molecular weight is 222 g/mol. The fraction of sp³-hybridized carbons (Fsp3) is 0.636. The largest absolute Gasteiger partial charge is 0.337 e. The van der Waals surface area contributed by atoms with Gasteiger partial charge in [-0.1, -0.05) is 0 Å². The minimum Gasteiger partial charge on any atom is -0.337 e. The molecule has 1 N–H and O–H groups in total. The first-order chi connectivity index (χ1) is 7.66. The Balaban J connectivity index is 1.79. The SMILES string of the molecule is CN(Cc1nccn1C)C(=O)CNC1CC1. The summed E-state index contributed by atoms with van der Waals surface area (Å²) in [6.07, 6.45) is 6.04. The summed E-state index contributed by atoms with van der Waals surface area (Å²) < 4.78 is 1.93. The third-order valence-corrected chi connectivity index (χ3v) is 2.84. The molecule has 1 aromatic heterocycles. The Morgan fingerprint density at radius 2 is 2.44 bits per heavy atom. The van der Waals surface area contributed by atoms with Crippen LogP contribution in [0.4, 0.5) is 0 Å². The van der Waals surface area contributed by atoms with E-state index in [0.29, 0.717) is 19.1 Å². The second kappa shape index (κ2) is 4.65. The Hall–Kier alpha value is -1.36. The minimum atomic E-state index is 0.120. The van der Waals surface area contributed by atoms with E-state index in [9.17, 15) is 4.79 Å². The zero-order valence-corrected chi connectivity index (χ0v) is 9.81. The van der Waals surface area contributed by atoms with E-state index in [1.807, 2.05) is 24.9 Å². The molecule has 0 bridgehead atoms. The minimum absolute atomic E-state index is 0.120. The quantitative estimate of drug-likeness (QED) is 0.770. The van der Waals surface area contributed by atoms with Crippen molar-refractivity contribution in [2.45, 2.75) is 25.4 Å². The topological polar surface area (TPSA) is 50.2 Å². The molecule has 16 heavy (non-hydrogen) atoms. The molecule has 1 aliphatic carbocycles. The number of nitrogens with zero attached hydrogens (tertiary/aromatic N) is 3. The van der Waals surface area contributed by atoms with Gasteiger partial charge >= 0.3 is 0 Å². The lowest BCUT2D eigenvalue weighted by Crippen LogP contribution is -2.36. The van der Waals surface area contributed by atoms with Crippen LogP contribution in [-0.4, -0.2) is 40.0 Å². The van der Waals surface area contributed by atoms with Crippen molar-refractivity contribution in [2.75, 3.05) is 13.6 Å². The van der Waals surface area contributed by atoms with E-state index in [2.05, 4.69) is 10.3 Å². The molecule has 5 heteroatoms. The van der Waals surface area contributed by atoms with Crippen LogP contribution in [-0.2, 0) is 18.4 Å². The summed E-state index contributed by atoms with van der Waals surface area (Å²) in [5, 5.41) is 3.21. The van der Waals surface area contributed by atoms with Gasteiger partial charge < -0.3 is 14.8 Å². The van der Waals surface area contributed by atoms with Gasteiger partial charge in [-0.2, -0.15) is 0 Å². The highest BCUT2D eigenvalue weighted by Gasteiger charge is 2.22. The Morgan fingerprint density at radius 1 is 1.69 bits per heavy atom. The molecule has 0 spiro atoms. The van der Waals surface area contributed by atoms with Crippen LogP contribution in [0.3, 0.4) is 0 Å². The lowest BCUT2D eigenvalue weighted by Gasteiger charge is -2.17. The highest BCUT2D eigenvalue weighted by Crippen LogP contribution is 2.18. The van der Waals surface area contributed by atoms with Crippen molar-refractivity contribution in [3.63, 3.8) is 0 Å². The van der Waals surface area contributed by atoms with E-state index in [1.54, 1.807) is 11.1 Å². The van der Waals surface area contributed by atoms with Gasteiger partial charge in [-0.15, -0.1) is 0 Å². The summed E-state index contributed by atoms with van der Waals surface area (Å²) in [6.45, 7) is 1.00. The first-order valence-corrected chi connectivity index (χ1v) is 5.60. The number of hydrogen-bond acceptors (Lipinski definition) is 3. The van der Waals surface area contributed by atoms with Gasteiger partial charge in [-0.25, -0.2) is 4.98 Å². The number of likely N-dealkylation sites (N-methyl/N-ethyl adjacent to an activating group) is 1. The fourth-order valence-electron chi connectivity index (χ4n) is 1.50. The lowest BCUT2D eigenvalue weighted by molar-refractivity contribution is -0.129. The van der Waals surface area contributed by atoms with Gasteiger partial charge in [-0.3, -0.25) is 4.79 Å². The predicted molar refractivity (Wildman–Crippen MR) is 60.7 cm³/mol. The van der Waals surface area contributed by atoms with Gasteiger partial charge in [0.1, 0.15) is 5.82 Å². The number of amides is 1. The van der Waals surface area contributed by atoms with Crippen molar-refractivity contribution >= 4 is 5.91 Å². The lowest BCUT2D eigenvalue weighted by atomic mass is 10.4. The van der Waals surface area contributed by atoms with Gasteiger partial charge in [0.05, 0.1) is 13.1 Å². The predicted octanol–water partition coefficient (Wildman–Crippen LogP) is 0.130. The Morgan fingerprint density at radius 3 is 3.00 bits per heavy atom. The van der Waals surface area contributed by atoms with Crippen LogP contribution in [0, 0.1) is 0 Å². The molecule has 1 amide bonds. The van der Waals surface area contributed by atoms with Gasteiger partial charge in [0.25, 0.3) is 0 Å². The van der Waals surface area contributed by atoms with Crippen LogP contribution < -0.4 is 5.32 Å². The monoisotopic (exact) mass is 222 g/mol. The molecular weight excluding hydrogens is 204 g/mol. The maximum Gasteiger partial charge on any atom is 0.236 e. The van der Waals surface area contributed by atoms with Gasteiger partial charge in [0.2, 0.25) is 5.91 Å². The van der Waals surface area contributed by atoms with Crippen molar-refractivity contribution in [3.05, 3.63) is 18.2 Å². The van der Waals surface area contributed by atoms with E-state index < -0.39 is 0 Å². The molecule has 1 aliphatic rings. The van der Waals surface area contributed by atoms with E-state index in [-0.39, 0.29) is 5.91 Å². The van der Waals surface area contributed by atoms with Gasteiger partial charge in [-0.05, 0) is 12.8 Å². The first kappa shape index (κ1) is 11.1. The van der Waals surface area contributed by atoms with Crippen molar-refractivity contribution in [3.8, 4) is 0 Å². The summed E-state index contributed by atoms with van der Waals surface area (Å²) in [7, 11) is 3.74. The Bertz CT molecular complexity index is 370. The molecule has 1 heterocycles. The van der Waals surface area contributed by atoms with Crippen LogP contribution in [0.15, 0.2) is 12.4 Å². The summed E-state index contributed by atoms with van der Waals surface area (Å²) in [4.78, 5) is 17.6. The second-order valence-electron chi connectivity index (χ2n) is 4.36. The fourth-order valence-corrected chi connectivity index (χ4v) is 1.50. The Labute approximate surface area is 95.5 Å². The molecule has 88 valence electrons. The van der Waals surface area contributed by atoms with Gasteiger partial charge in [0.15, 0.2) is 0 Å². The summed E-state index contributed by atoms with van der Waals surface area (Å²) in [6, 6.07) is 0.575. The van der Waals surface area contributed by atoms with Gasteiger partial charge in [0, 0.05) is 32.5 Å². The second-order valence-corrected chi connectivity index (χ2v) is 4.36. The standard InChI is InChI=1S/C11H18N4O/c1-14-6-5-12-10(14)8-15(2)11(16)7-13-9-3-4-9/h5-6,9,13H,3-4,7-8H2,1-2H3. The molecule has 0 atom stereocenters. The summed E-state index contributed by atoms with van der Waals surface area (Å²) in [5.41, 5.74) is 0. The van der Waals surface area contributed by atoms with Crippen molar-refractivity contribution in [1.29, 1.82) is 0 Å². The van der Waals surface area contributed by atoms with Crippen LogP contribution >= 0.6 is 0 Å². The number of nitrogens with one attached hydrogen (secondary N) is 1. The van der Waals surface area contributed by atoms with E-state index >= 15 is 0 Å². The van der Waals surface area contributed by atoms with Crippen molar-refractivity contribution < 1.29 is 4.79 Å². The molecule has 2 rings (SSSR count). The normalized spacial score (nSPS) is 15.1. The number of aromatic nitrogens is 2. The average Bonchev–Trinajstić information content (AvgIpc) is 3.01. The number of aryl methyl sites for hydroxylation is 1. The molecular formula is C11H18N4O. The first-order valence-electron chi connectivity index (χ1n) is 5.60. The van der Waals surface area contributed by atoms with E-state index in [0.717, 1.165) is 5.82 Å².